The number of rotatable bonds is 5. The molecule has 7 nitrogen and oxygen atoms in total. The highest BCUT2D eigenvalue weighted by molar-refractivity contribution is 5.79. The van der Waals surface area contributed by atoms with Crippen LogP contribution in [0.1, 0.15) is 42.9 Å². The molecule has 2 aliphatic heterocycles. The molecule has 1 unspecified atom stereocenters. The minimum absolute atomic E-state index is 0.0540. The molecule has 1 amide bonds. The molecule has 190 valence electrons. The van der Waals surface area contributed by atoms with Crippen LogP contribution < -0.4 is 14.8 Å². The lowest BCUT2D eigenvalue weighted by molar-refractivity contribution is -0.192. The summed E-state index contributed by atoms with van der Waals surface area (Å²) >= 11 is 0. The number of anilines is 1. The molecule has 0 aliphatic carbocycles. The number of methoxy groups -OCH3 is 1. The highest BCUT2D eigenvalue weighted by Crippen LogP contribution is 2.34. The number of nitrogens with zero attached hydrogens (tertiary/aromatic N) is 1. The van der Waals surface area contributed by atoms with Crippen molar-refractivity contribution >= 4 is 17.6 Å². The summed E-state index contributed by atoms with van der Waals surface area (Å²) in [6.07, 6.45) is 0.248. The fourth-order valence-corrected chi connectivity index (χ4v) is 4.23. The molecule has 1 fully saturated rings. The Morgan fingerprint density at radius 2 is 1.83 bits per heavy atom. The molecular weight excluding hydrogens is 465 g/mol. The van der Waals surface area contributed by atoms with E-state index in [1.807, 2.05) is 29.2 Å². The number of amides is 1. The maximum Gasteiger partial charge on any atom is 0.490 e. The van der Waals surface area contributed by atoms with Crippen LogP contribution in [0, 0.1) is 0 Å². The maximum absolute atomic E-state index is 13.1. The minimum atomic E-state index is -5.08. The third-order valence-electron chi connectivity index (χ3n) is 5.98. The molecule has 1 atom stereocenters. The summed E-state index contributed by atoms with van der Waals surface area (Å²) in [7, 11) is 1.67. The molecule has 2 heterocycles. The summed E-state index contributed by atoms with van der Waals surface area (Å²) in [6.45, 7) is 1.78. The van der Waals surface area contributed by atoms with Crippen molar-refractivity contribution in [2.75, 3.05) is 32.1 Å². The van der Waals surface area contributed by atoms with Gasteiger partial charge < -0.3 is 24.8 Å². The Balaban J connectivity index is 0.000000429. The predicted octanol–water partition coefficient (Wildman–Crippen LogP) is 4.82. The van der Waals surface area contributed by atoms with Crippen LogP contribution in [0.5, 0.6) is 11.5 Å². The molecular formula is C25H29F3N2O5. The van der Waals surface area contributed by atoms with Crippen LogP contribution in [0.25, 0.3) is 0 Å². The second-order valence-electron chi connectivity index (χ2n) is 8.28. The normalized spacial score (nSPS) is 17.3. The highest BCUT2D eigenvalue weighted by atomic mass is 19.4. The number of benzene rings is 2. The van der Waals surface area contributed by atoms with Crippen LogP contribution in [0.3, 0.4) is 0 Å². The first kappa shape index (κ1) is 26.2. The van der Waals surface area contributed by atoms with Crippen molar-refractivity contribution in [1.82, 2.24) is 4.90 Å². The minimum Gasteiger partial charge on any atom is -0.497 e. The molecule has 0 aromatic heterocycles. The fourth-order valence-electron chi connectivity index (χ4n) is 4.23. The van der Waals surface area contributed by atoms with Crippen LogP contribution in [0.2, 0.25) is 0 Å². The van der Waals surface area contributed by atoms with Gasteiger partial charge in [0.2, 0.25) is 0 Å². The summed E-state index contributed by atoms with van der Waals surface area (Å²) in [6, 6.07) is 14.2. The topological polar surface area (TPSA) is 88.1 Å². The molecule has 0 spiro atoms. The summed E-state index contributed by atoms with van der Waals surface area (Å²) < 4.78 is 43.0. The monoisotopic (exact) mass is 494 g/mol. The lowest BCUT2D eigenvalue weighted by atomic mass is 10.0. The zero-order valence-corrected chi connectivity index (χ0v) is 19.4. The summed E-state index contributed by atoms with van der Waals surface area (Å²) in [5.74, 6) is -1.09. The third kappa shape index (κ3) is 7.03. The van der Waals surface area contributed by atoms with Crippen molar-refractivity contribution in [2.45, 2.75) is 44.3 Å². The molecule has 2 N–H and O–H groups in total. The Hall–Kier alpha value is -3.43. The van der Waals surface area contributed by atoms with Gasteiger partial charge in [-0.1, -0.05) is 37.1 Å². The predicted molar refractivity (Wildman–Crippen MR) is 124 cm³/mol. The second-order valence-corrected chi connectivity index (χ2v) is 8.28. The number of hydrogen-bond acceptors (Lipinski definition) is 5. The number of para-hydroxylation sites is 1. The smallest absolute Gasteiger partial charge is 0.490 e. The van der Waals surface area contributed by atoms with Gasteiger partial charge in [-0.15, -0.1) is 0 Å². The molecule has 35 heavy (non-hydrogen) atoms. The Morgan fingerprint density at radius 1 is 1.11 bits per heavy atom. The zero-order chi connectivity index (χ0) is 25.4. The zero-order valence-electron chi connectivity index (χ0n) is 19.4. The van der Waals surface area contributed by atoms with E-state index >= 15 is 0 Å². The van der Waals surface area contributed by atoms with E-state index in [1.165, 1.54) is 11.1 Å². The third-order valence-corrected chi connectivity index (χ3v) is 5.98. The first-order valence-corrected chi connectivity index (χ1v) is 11.4. The van der Waals surface area contributed by atoms with E-state index in [2.05, 4.69) is 23.5 Å². The largest absolute Gasteiger partial charge is 0.497 e. The number of hydrogen-bond donors (Lipinski definition) is 2. The average Bonchev–Trinajstić information content (AvgIpc) is 3.19. The van der Waals surface area contributed by atoms with Gasteiger partial charge in [0.25, 0.3) is 5.91 Å². The van der Waals surface area contributed by atoms with Gasteiger partial charge in [-0.25, -0.2) is 4.79 Å². The molecule has 2 aliphatic rings. The number of carboxylic acid groups (broad SMARTS) is 1. The van der Waals surface area contributed by atoms with Crippen molar-refractivity contribution in [3.8, 4) is 11.5 Å². The van der Waals surface area contributed by atoms with Crippen molar-refractivity contribution in [1.29, 1.82) is 0 Å². The van der Waals surface area contributed by atoms with E-state index in [-0.39, 0.29) is 18.6 Å². The molecule has 4 rings (SSSR count). The molecule has 0 saturated carbocycles. The number of halogens is 3. The van der Waals surface area contributed by atoms with Crippen LogP contribution in [0.4, 0.5) is 18.9 Å². The second kappa shape index (κ2) is 11.8. The van der Waals surface area contributed by atoms with Crippen LogP contribution in [0.15, 0.2) is 42.5 Å². The lowest BCUT2D eigenvalue weighted by Gasteiger charge is -2.30. The van der Waals surface area contributed by atoms with Crippen molar-refractivity contribution < 1.29 is 37.3 Å². The number of carboxylic acids is 1. The summed E-state index contributed by atoms with van der Waals surface area (Å²) in [5.41, 5.74) is 3.46. The average molecular weight is 495 g/mol. The van der Waals surface area contributed by atoms with Gasteiger partial charge in [-0.05, 0) is 48.6 Å². The number of alkyl halides is 3. The van der Waals surface area contributed by atoms with Crippen molar-refractivity contribution in [3.05, 3.63) is 53.6 Å². The Bertz CT molecular complexity index is 1010. The number of likely N-dealkylation sites (tertiary alicyclic amines) is 1. The van der Waals surface area contributed by atoms with Gasteiger partial charge >= 0.3 is 12.1 Å². The molecule has 10 heteroatoms. The molecule has 2 aromatic rings. The Kier molecular flexibility index (Phi) is 8.84. The molecule has 0 radical (unpaired) electrons. The van der Waals surface area contributed by atoms with Gasteiger partial charge in [-0.2, -0.15) is 13.2 Å². The van der Waals surface area contributed by atoms with Gasteiger partial charge in [0.15, 0.2) is 6.61 Å². The first-order valence-electron chi connectivity index (χ1n) is 11.4. The van der Waals surface area contributed by atoms with Crippen LogP contribution in [-0.4, -0.2) is 54.9 Å². The van der Waals surface area contributed by atoms with E-state index in [4.69, 9.17) is 19.4 Å². The lowest BCUT2D eigenvalue weighted by Crippen LogP contribution is -2.38. The van der Waals surface area contributed by atoms with E-state index in [0.29, 0.717) is 0 Å². The number of carbonyl (C=O) groups excluding carboxylic acids is 1. The number of nitrogens with one attached hydrogen (secondary N) is 1. The number of aliphatic carboxylic acids is 1. The van der Waals surface area contributed by atoms with Crippen LogP contribution in [-0.2, 0) is 16.0 Å². The standard InChI is InChI=1S/C23H28N2O3.C2HF3O2/c1-27-19-11-9-17(10-12-19)20-7-3-2-4-15-25(20)22(26)16-28-21-8-5-6-18-13-14-24-23(18)21;3-2(4,5)1(6)7/h5-6,8-12,20,24H,2-4,7,13-16H2,1H3;(H,6,7). The van der Waals surface area contributed by atoms with E-state index < -0.39 is 12.1 Å². The van der Waals surface area contributed by atoms with Crippen molar-refractivity contribution in [3.63, 3.8) is 0 Å². The molecule has 1 saturated heterocycles. The van der Waals surface area contributed by atoms with Crippen molar-refractivity contribution in [2.24, 2.45) is 0 Å². The van der Waals surface area contributed by atoms with E-state index in [1.54, 1.807) is 7.11 Å². The van der Waals surface area contributed by atoms with Gasteiger partial charge in [0.05, 0.1) is 18.8 Å². The van der Waals surface area contributed by atoms with Gasteiger partial charge in [0, 0.05) is 13.1 Å². The fraction of sp³-hybridized carbons (Fsp3) is 0.440. The Labute approximate surface area is 201 Å². The SMILES string of the molecule is COc1ccc(C2CCCCCN2C(=O)COc2cccc3c2NCC3)cc1.O=C(O)C(F)(F)F. The number of ether oxygens (including phenoxy) is 2. The van der Waals surface area contributed by atoms with Gasteiger partial charge in [0.1, 0.15) is 11.5 Å². The summed E-state index contributed by atoms with van der Waals surface area (Å²) in [5, 5.41) is 10.5. The Morgan fingerprint density at radius 3 is 2.49 bits per heavy atom. The first-order chi connectivity index (χ1) is 16.7. The number of carbonyl (C=O) groups is 2. The molecule has 2 aromatic carbocycles. The molecule has 0 bridgehead atoms. The van der Waals surface area contributed by atoms with Crippen LogP contribution >= 0.6 is 0 Å². The van der Waals surface area contributed by atoms with E-state index in [9.17, 15) is 18.0 Å². The van der Waals surface area contributed by atoms with E-state index in [0.717, 1.165) is 62.4 Å². The highest BCUT2D eigenvalue weighted by Gasteiger charge is 2.38. The quantitative estimate of drug-likeness (QED) is 0.620. The number of fused-ring (bicyclic) bond motifs is 1. The summed E-state index contributed by atoms with van der Waals surface area (Å²) in [4.78, 5) is 24.0. The maximum atomic E-state index is 13.1. The van der Waals surface area contributed by atoms with Gasteiger partial charge in [-0.3, -0.25) is 4.79 Å².